The Balaban J connectivity index is 1.89. The molecular weight excluding hydrogens is 444 g/mol. The van der Waals surface area contributed by atoms with E-state index in [-0.39, 0.29) is 17.4 Å². The number of carbonyl (C=O) groups excluding carboxylic acids is 1. The Bertz CT molecular complexity index is 1230. The van der Waals surface area contributed by atoms with Crippen molar-refractivity contribution in [2.24, 2.45) is 5.92 Å². The number of nitrogen functional groups attached to an aromatic ring is 1. The fourth-order valence-corrected chi connectivity index (χ4v) is 3.66. The van der Waals surface area contributed by atoms with Gasteiger partial charge in [-0.05, 0) is 48.6 Å². The Kier molecular flexibility index (Phi) is 8.89. The van der Waals surface area contributed by atoms with Crippen molar-refractivity contribution in [3.05, 3.63) is 86.6 Å². The summed E-state index contributed by atoms with van der Waals surface area (Å²) in [6, 6.07) is 16.6. The van der Waals surface area contributed by atoms with Crippen LogP contribution in [0.2, 0.25) is 0 Å². The standard InChI is InChI=1S/C27H34N4O4/c1-4-5-16-31-24(28)23(25(32)29-27(31)34)30(17-15-19(2)3)26(33)21-13-11-20(12-14-21)18-35-22-9-7-6-8-10-22/h6-14,19H,4-5,15-18,28H2,1-3H3,(H,29,32,34). The topological polar surface area (TPSA) is 110 Å². The van der Waals surface area contributed by atoms with Gasteiger partial charge in [0.2, 0.25) is 0 Å². The van der Waals surface area contributed by atoms with E-state index in [0.29, 0.717) is 37.6 Å². The molecule has 1 amide bonds. The molecule has 0 bridgehead atoms. The van der Waals surface area contributed by atoms with E-state index in [2.05, 4.69) is 4.98 Å². The molecule has 1 aromatic heterocycles. The molecule has 0 radical (unpaired) electrons. The van der Waals surface area contributed by atoms with Crippen LogP contribution in [0.3, 0.4) is 0 Å². The Morgan fingerprint density at radius 1 is 1.09 bits per heavy atom. The van der Waals surface area contributed by atoms with E-state index >= 15 is 0 Å². The van der Waals surface area contributed by atoms with Crippen molar-refractivity contribution in [1.82, 2.24) is 9.55 Å². The first-order valence-corrected chi connectivity index (χ1v) is 12.0. The SMILES string of the molecule is CCCCn1c(N)c(N(CCC(C)C)C(=O)c2ccc(COc3ccccc3)cc2)c(=O)[nH]c1=O. The molecule has 8 nitrogen and oxygen atoms in total. The Morgan fingerprint density at radius 3 is 2.40 bits per heavy atom. The zero-order valence-corrected chi connectivity index (χ0v) is 20.6. The van der Waals surface area contributed by atoms with E-state index in [0.717, 1.165) is 24.2 Å². The minimum atomic E-state index is -0.662. The summed E-state index contributed by atoms with van der Waals surface area (Å²) in [6.45, 7) is 7.12. The van der Waals surface area contributed by atoms with Crippen LogP contribution in [0.25, 0.3) is 0 Å². The minimum absolute atomic E-state index is 0.0113. The van der Waals surface area contributed by atoms with Gasteiger partial charge in [-0.1, -0.05) is 57.5 Å². The van der Waals surface area contributed by atoms with Gasteiger partial charge in [0.25, 0.3) is 11.5 Å². The maximum Gasteiger partial charge on any atom is 0.330 e. The van der Waals surface area contributed by atoms with Crippen molar-refractivity contribution >= 4 is 17.4 Å². The molecule has 186 valence electrons. The molecule has 0 spiro atoms. The van der Waals surface area contributed by atoms with Crippen LogP contribution in [-0.2, 0) is 13.2 Å². The van der Waals surface area contributed by atoms with Gasteiger partial charge in [0.1, 0.15) is 18.2 Å². The number of para-hydroxylation sites is 1. The van der Waals surface area contributed by atoms with Crippen LogP contribution in [0.15, 0.2) is 64.2 Å². The van der Waals surface area contributed by atoms with Crippen LogP contribution in [0.1, 0.15) is 56.0 Å². The maximum absolute atomic E-state index is 13.6. The molecule has 0 atom stereocenters. The zero-order chi connectivity index (χ0) is 25.4. The summed E-state index contributed by atoms with van der Waals surface area (Å²) in [5.74, 6) is 0.728. The first-order chi connectivity index (χ1) is 16.8. The molecule has 2 aromatic carbocycles. The lowest BCUT2D eigenvalue weighted by Gasteiger charge is -2.25. The summed E-state index contributed by atoms with van der Waals surface area (Å²) in [4.78, 5) is 42.5. The predicted molar refractivity (Wildman–Crippen MR) is 139 cm³/mol. The Morgan fingerprint density at radius 2 is 1.77 bits per heavy atom. The van der Waals surface area contributed by atoms with Crippen LogP contribution in [-0.4, -0.2) is 22.0 Å². The zero-order valence-electron chi connectivity index (χ0n) is 20.6. The summed E-state index contributed by atoms with van der Waals surface area (Å²) < 4.78 is 7.11. The van der Waals surface area contributed by atoms with Crippen LogP contribution < -0.4 is 26.6 Å². The number of rotatable bonds is 11. The van der Waals surface area contributed by atoms with Crippen molar-refractivity contribution in [2.75, 3.05) is 17.2 Å². The van der Waals surface area contributed by atoms with Gasteiger partial charge in [0.15, 0.2) is 5.69 Å². The van der Waals surface area contributed by atoms with Crippen LogP contribution in [0.4, 0.5) is 11.5 Å². The van der Waals surface area contributed by atoms with Crippen LogP contribution in [0, 0.1) is 5.92 Å². The summed E-state index contributed by atoms with van der Waals surface area (Å²) in [7, 11) is 0. The number of carbonyl (C=O) groups is 1. The molecule has 0 aliphatic heterocycles. The van der Waals surface area contributed by atoms with Gasteiger partial charge < -0.3 is 15.4 Å². The fraction of sp³-hybridized carbons (Fsp3) is 0.370. The molecule has 0 fully saturated rings. The second-order valence-electron chi connectivity index (χ2n) is 8.94. The van der Waals surface area contributed by atoms with Gasteiger partial charge in [0, 0.05) is 18.7 Å². The number of aromatic nitrogens is 2. The Hall–Kier alpha value is -3.81. The third-order valence-electron chi connectivity index (χ3n) is 5.74. The van der Waals surface area contributed by atoms with Gasteiger partial charge in [-0.3, -0.25) is 19.1 Å². The highest BCUT2D eigenvalue weighted by Crippen LogP contribution is 2.22. The van der Waals surface area contributed by atoms with Gasteiger partial charge in [-0.2, -0.15) is 0 Å². The van der Waals surface area contributed by atoms with Crippen LogP contribution >= 0.6 is 0 Å². The molecule has 3 aromatic rings. The average molecular weight is 479 g/mol. The van der Waals surface area contributed by atoms with Crippen molar-refractivity contribution in [2.45, 2.75) is 53.2 Å². The predicted octanol–water partition coefficient (Wildman–Crippen LogP) is 4.19. The molecule has 1 heterocycles. The normalized spacial score (nSPS) is 11.0. The van der Waals surface area contributed by atoms with Gasteiger partial charge in [0.05, 0.1) is 0 Å². The highest BCUT2D eigenvalue weighted by Gasteiger charge is 2.25. The molecule has 3 rings (SSSR count). The summed E-state index contributed by atoms with van der Waals surface area (Å²) in [5.41, 5.74) is 6.41. The van der Waals surface area contributed by atoms with E-state index in [1.807, 2.05) is 63.2 Å². The van der Waals surface area contributed by atoms with Crippen LogP contribution in [0.5, 0.6) is 5.75 Å². The molecule has 0 saturated carbocycles. The number of hydrogen-bond acceptors (Lipinski definition) is 5. The van der Waals surface area contributed by atoms with E-state index in [1.54, 1.807) is 12.1 Å². The Labute approximate surface area is 205 Å². The summed E-state index contributed by atoms with van der Waals surface area (Å²) >= 11 is 0. The number of unbranched alkanes of at least 4 members (excludes halogenated alkanes) is 1. The number of aromatic amines is 1. The number of benzene rings is 2. The summed E-state index contributed by atoms with van der Waals surface area (Å²) in [6.07, 6.45) is 2.25. The lowest BCUT2D eigenvalue weighted by Crippen LogP contribution is -2.42. The average Bonchev–Trinajstić information content (AvgIpc) is 2.85. The van der Waals surface area contributed by atoms with E-state index in [4.69, 9.17) is 10.5 Å². The summed E-state index contributed by atoms with van der Waals surface area (Å²) in [5, 5.41) is 0. The number of amides is 1. The first-order valence-electron chi connectivity index (χ1n) is 12.0. The second kappa shape index (κ2) is 12.1. The van der Waals surface area contributed by atoms with Crippen molar-refractivity contribution in [3.63, 3.8) is 0 Å². The highest BCUT2D eigenvalue weighted by atomic mass is 16.5. The lowest BCUT2D eigenvalue weighted by molar-refractivity contribution is 0.0985. The van der Waals surface area contributed by atoms with Gasteiger partial charge in [-0.15, -0.1) is 0 Å². The number of anilines is 2. The monoisotopic (exact) mass is 478 g/mol. The third kappa shape index (κ3) is 6.62. The largest absolute Gasteiger partial charge is 0.489 e. The molecule has 0 aliphatic carbocycles. The molecule has 8 heteroatoms. The molecule has 3 N–H and O–H groups in total. The smallest absolute Gasteiger partial charge is 0.330 e. The molecule has 35 heavy (non-hydrogen) atoms. The van der Waals surface area contributed by atoms with Crippen molar-refractivity contribution in [3.8, 4) is 5.75 Å². The lowest BCUT2D eigenvalue weighted by atomic mass is 10.1. The maximum atomic E-state index is 13.6. The fourth-order valence-electron chi connectivity index (χ4n) is 3.66. The van der Waals surface area contributed by atoms with E-state index in [9.17, 15) is 14.4 Å². The third-order valence-corrected chi connectivity index (χ3v) is 5.74. The van der Waals surface area contributed by atoms with E-state index in [1.165, 1.54) is 9.47 Å². The molecular formula is C27H34N4O4. The number of ether oxygens (including phenoxy) is 1. The molecule has 0 saturated heterocycles. The number of nitrogens with one attached hydrogen (secondary N) is 1. The van der Waals surface area contributed by atoms with Crippen molar-refractivity contribution < 1.29 is 9.53 Å². The number of nitrogens with zero attached hydrogens (tertiary/aromatic N) is 2. The number of H-pyrrole nitrogens is 1. The molecule has 0 unspecified atom stereocenters. The minimum Gasteiger partial charge on any atom is -0.489 e. The van der Waals surface area contributed by atoms with Gasteiger partial charge in [-0.25, -0.2) is 4.79 Å². The van der Waals surface area contributed by atoms with E-state index < -0.39 is 11.2 Å². The molecule has 0 aliphatic rings. The quantitative estimate of drug-likeness (QED) is 0.429. The second-order valence-corrected chi connectivity index (χ2v) is 8.94. The number of hydrogen-bond donors (Lipinski definition) is 2. The van der Waals surface area contributed by atoms with Gasteiger partial charge >= 0.3 is 5.69 Å². The van der Waals surface area contributed by atoms with Crippen molar-refractivity contribution in [1.29, 1.82) is 0 Å². The highest BCUT2D eigenvalue weighted by molar-refractivity contribution is 6.07. The number of nitrogens with two attached hydrogens (primary N) is 1. The first kappa shape index (κ1) is 25.8.